The second-order valence-electron chi connectivity index (χ2n) is 14.4. The van der Waals surface area contributed by atoms with Crippen molar-refractivity contribution in [3.63, 3.8) is 0 Å². The van der Waals surface area contributed by atoms with Gasteiger partial charge in [0.25, 0.3) is 0 Å². The van der Waals surface area contributed by atoms with E-state index in [0.29, 0.717) is 31.8 Å². The van der Waals surface area contributed by atoms with E-state index >= 15 is 0 Å². The number of nitrogens with zero attached hydrogens (tertiary/aromatic N) is 1. The van der Waals surface area contributed by atoms with E-state index in [2.05, 4.69) is 35.1 Å². The highest BCUT2D eigenvalue weighted by molar-refractivity contribution is 5.96. The summed E-state index contributed by atoms with van der Waals surface area (Å²) in [7, 11) is 0. The van der Waals surface area contributed by atoms with Crippen LogP contribution in [0.25, 0.3) is 0 Å². The first-order chi connectivity index (χ1) is 24.4. The monoisotopic (exact) mass is 711 g/mol. The van der Waals surface area contributed by atoms with Crippen LogP contribution in [0.2, 0.25) is 0 Å². The lowest BCUT2D eigenvalue weighted by Crippen LogP contribution is -2.60. The predicted molar refractivity (Wildman–Crippen MR) is 192 cm³/mol. The van der Waals surface area contributed by atoms with Gasteiger partial charge in [0.05, 0.1) is 0 Å². The number of amides is 5. The van der Waals surface area contributed by atoms with Gasteiger partial charge >= 0.3 is 12.1 Å². The zero-order valence-corrected chi connectivity index (χ0v) is 30.5. The molecular formula is C38H57N5O8. The molecule has 5 amide bonds. The number of rotatable bonds is 18. The smallest absolute Gasteiger partial charge is 0.408 e. The molecule has 2 fully saturated rings. The first-order valence-corrected chi connectivity index (χ1v) is 18.4. The van der Waals surface area contributed by atoms with Gasteiger partial charge in [0.15, 0.2) is 0 Å². The van der Waals surface area contributed by atoms with Crippen molar-refractivity contribution in [2.75, 3.05) is 13.1 Å². The first kappa shape index (κ1) is 41.0. The molecule has 5 N–H and O–H groups in total. The molecule has 0 bridgehead atoms. The van der Waals surface area contributed by atoms with E-state index in [4.69, 9.17) is 9.84 Å². The molecule has 13 heteroatoms. The van der Waals surface area contributed by atoms with Gasteiger partial charge < -0.3 is 36.0 Å². The third kappa shape index (κ3) is 13.7. The van der Waals surface area contributed by atoms with E-state index in [1.807, 2.05) is 6.07 Å². The van der Waals surface area contributed by atoms with Gasteiger partial charge in [0, 0.05) is 19.2 Å². The zero-order chi connectivity index (χ0) is 37.3. The first-order valence-electron chi connectivity index (χ1n) is 18.4. The molecule has 0 radical (unpaired) electrons. The summed E-state index contributed by atoms with van der Waals surface area (Å²) in [6.45, 7) is 8.55. The van der Waals surface area contributed by atoms with E-state index in [-0.39, 0.29) is 43.1 Å². The van der Waals surface area contributed by atoms with Crippen LogP contribution in [0.15, 0.2) is 42.5 Å². The Balaban J connectivity index is 1.71. The Morgan fingerprint density at radius 3 is 2.24 bits per heavy atom. The van der Waals surface area contributed by atoms with Gasteiger partial charge in [-0.15, -0.1) is 0 Å². The number of carboxylic acid groups (broad SMARTS) is 1. The summed E-state index contributed by atoms with van der Waals surface area (Å²) in [5.74, 6) is -2.71. The topological polar surface area (TPSA) is 183 Å². The highest BCUT2D eigenvalue weighted by atomic mass is 16.5. The normalized spacial score (nSPS) is 18.2. The van der Waals surface area contributed by atoms with Crippen LogP contribution in [0.4, 0.5) is 4.79 Å². The Kier molecular flexibility index (Phi) is 16.9. The molecule has 1 saturated heterocycles. The van der Waals surface area contributed by atoms with Crippen molar-refractivity contribution in [1.82, 2.24) is 26.2 Å². The van der Waals surface area contributed by atoms with Crippen molar-refractivity contribution in [2.24, 2.45) is 17.8 Å². The Morgan fingerprint density at radius 1 is 0.882 bits per heavy atom. The standard InChI is InChI=1S/C38H57N5O8/c1-25(2)21-22-39-36(48)33(28-16-9-6-10-17-28)42-35(47)30-19-13-23-43(30)37(49)32(26(3)4)41-34(46)29(18-11-12-20-31(44)45)40-38(50)51-24-27-14-7-5-8-15-27/h5,7-8,12,14-15,20,25-26,28-30,32-33H,6,9-11,13,16-19,21-24H2,1-4H3,(H,39,48)(H,40,50)(H,41,46)(H,42,47)(H,44,45)/b20-12+/t29?,30-,32-,33-/m0/s1. The van der Waals surface area contributed by atoms with Crippen LogP contribution in [0.5, 0.6) is 0 Å². The number of allylic oxidation sites excluding steroid dienone is 1. The van der Waals surface area contributed by atoms with Crippen molar-refractivity contribution >= 4 is 35.7 Å². The maximum atomic E-state index is 14.1. The van der Waals surface area contributed by atoms with Gasteiger partial charge in [0.1, 0.15) is 30.8 Å². The number of hydrogen-bond donors (Lipinski definition) is 5. The van der Waals surface area contributed by atoms with E-state index in [1.54, 1.807) is 38.1 Å². The van der Waals surface area contributed by atoms with Gasteiger partial charge in [-0.05, 0) is 68.3 Å². The number of carbonyl (C=O) groups excluding carboxylic acids is 5. The summed E-state index contributed by atoms with van der Waals surface area (Å²) in [5, 5.41) is 20.3. The SMILES string of the molecule is CC(C)CCNC(=O)[C@@H](NC(=O)[C@@H]1CCCN1C(=O)[C@@H](NC(=O)C(CC/C=C/C(=O)O)NC(=O)OCc1ccccc1)C(C)C)C1CCCCC1. The van der Waals surface area contributed by atoms with Crippen LogP contribution < -0.4 is 21.3 Å². The van der Waals surface area contributed by atoms with Crippen LogP contribution in [-0.4, -0.2) is 83.0 Å². The molecule has 1 aliphatic carbocycles. The molecule has 4 atom stereocenters. The number of ether oxygens (including phenoxy) is 1. The highest BCUT2D eigenvalue weighted by Crippen LogP contribution is 2.28. The molecule has 1 aromatic carbocycles. The number of benzene rings is 1. The lowest BCUT2D eigenvalue weighted by molar-refractivity contribution is -0.143. The molecule has 1 unspecified atom stereocenters. The van der Waals surface area contributed by atoms with E-state index in [0.717, 1.165) is 50.2 Å². The van der Waals surface area contributed by atoms with Crippen molar-refractivity contribution in [2.45, 2.75) is 123 Å². The fourth-order valence-corrected chi connectivity index (χ4v) is 6.58. The molecule has 1 heterocycles. The van der Waals surface area contributed by atoms with Crippen molar-refractivity contribution in [3.05, 3.63) is 48.0 Å². The molecule has 2 aliphatic rings. The molecular weight excluding hydrogens is 654 g/mol. The van der Waals surface area contributed by atoms with Crippen LogP contribution in [0.3, 0.4) is 0 Å². The number of hydrogen-bond acceptors (Lipinski definition) is 7. The Labute approximate surface area is 301 Å². The Hall–Kier alpha value is -4.42. The summed E-state index contributed by atoms with van der Waals surface area (Å²) in [6.07, 6.45) is 8.32. The highest BCUT2D eigenvalue weighted by Gasteiger charge is 2.41. The van der Waals surface area contributed by atoms with Crippen LogP contribution in [0, 0.1) is 17.8 Å². The van der Waals surface area contributed by atoms with E-state index < -0.39 is 48.0 Å². The maximum absolute atomic E-state index is 14.1. The second-order valence-corrected chi connectivity index (χ2v) is 14.4. The summed E-state index contributed by atoms with van der Waals surface area (Å²) in [4.78, 5) is 80.1. The Bertz CT molecular complexity index is 1340. The summed E-state index contributed by atoms with van der Waals surface area (Å²) >= 11 is 0. The van der Waals surface area contributed by atoms with Crippen LogP contribution in [-0.2, 0) is 35.3 Å². The number of nitrogens with one attached hydrogen (secondary N) is 4. The largest absolute Gasteiger partial charge is 0.478 e. The fraction of sp³-hybridized carbons (Fsp3) is 0.632. The molecule has 0 spiro atoms. The molecule has 1 aromatic rings. The average Bonchev–Trinajstić information content (AvgIpc) is 3.60. The minimum atomic E-state index is -1.14. The molecule has 0 aromatic heterocycles. The number of aliphatic carboxylic acids is 1. The third-order valence-corrected chi connectivity index (χ3v) is 9.50. The van der Waals surface area contributed by atoms with Gasteiger partial charge in [0.2, 0.25) is 23.6 Å². The molecule has 13 nitrogen and oxygen atoms in total. The second kappa shape index (κ2) is 21.1. The summed E-state index contributed by atoms with van der Waals surface area (Å²) in [5.41, 5.74) is 0.754. The number of carbonyl (C=O) groups is 6. The molecule has 1 aliphatic heterocycles. The molecule has 1 saturated carbocycles. The van der Waals surface area contributed by atoms with Gasteiger partial charge in [-0.25, -0.2) is 9.59 Å². The molecule has 51 heavy (non-hydrogen) atoms. The van der Waals surface area contributed by atoms with Crippen molar-refractivity contribution in [1.29, 1.82) is 0 Å². The van der Waals surface area contributed by atoms with Crippen molar-refractivity contribution in [3.8, 4) is 0 Å². The molecule has 3 rings (SSSR count). The average molecular weight is 712 g/mol. The summed E-state index contributed by atoms with van der Waals surface area (Å²) < 4.78 is 5.31. The van der Waals surface area contributed by atoms with Gasteiger partial charge in [-0.1, -0.05) is 83.4 Å². The minimum Gasteiger partial charge on any atom is -0.478 e. The van der Waals surface area contributed by atoms with Crippen LogP contribution >= 0.6 is 0 Å². The van der Waals surface area contributed by atoms with Crippen LogP contribution in [0.1, 0.15) is 97.5 Å². The predicted octanol–water partition coefficient (Wildman–Crippen LogP) is 4.06. The third-order valence-electron chi connectivity index (χ3n) is 9.50. The molecule has 282 valence electrons. The lowest BCUT2D eigenvalue weighted by atomic mass is 9.83. The quantitative estimate of drug-likeness (QED) is 0.141. The van der Waals surface area contributed by atoms with Gasteiger partial charge in [-0.3, -0.25) is 19.2 Å². The number of alkyl carbamates (subject to hydrolysis) is 1. The minimum absolute atomic E-state index is 0.0177. The maximum Gasteiger partial charge on any atom is 0.408 e. The Morgan fingerprint density at radius 2 is 1.59 bits per heavy atom. The van der Waals surface area contributed by atoms with Crippen molar-refractivity contribution < 1.29 is 38.6 Å². The number of carboxylic acids is 1. The van der Waals surface area contributed by atoms with Gasteiger partial charge in [-0.2, -0.15) is 0 Å². The fourth-order valence-electron chi connectivity index (χ4n) is 6.58. The van der Waals surface area contributed by atoms with E-state index in [9.17, 15) is 28.8 Å². The van der Waals surface area contributed by atoms with E-state index in [1.165, 1.54) is 11.0 Å². The lowest BCUT2D eigenvalue weighted by Gasteiger charge is -2.34. The summed E-state index contributed by atoms with van der Waals surface area (Å²) in [6, 6.07) is 5.39. The zero-order valence-electron chi connectivity index (χ0n) is 30.5. The number of likely N-dealkylation sites (tertiary alicyclic amines) is 1.